The Kier molecular flexibility index (Phi) is 7.04. The van der Waals surface area contributed by atoms with Crippen LogP contribution in [0.1, 0.15) is 18.4 Å². The monoisotopic (exact) mass is 342 g/mol. The third-order valence-corrected chi connectivity index (χ3v) is 3.35. The number of nitrogens with zero attached hydrogens (tertiary/aromatic N) is 3. The first-order chi connectivity index (χ1) is 11.1. The summed E-state index contributed by atoms with van der Waals surface area (Å²) in [5, 5.41) is 10.9. The molecular weight excluding hydrogens is 321 g/mol. The Morgan fingerprint density at radius 3 is 2.46 bits per heavy atom. The smallest absolute Gasteiger partial charge is 0.373 e. The highest BCUT2D eigenvalue weighted by molar-refractivity contribution is 5.95. The maximum Gasteiger partial charge on any atom is 0.416 e. The lowest BCUT2D eigenvalue weighted by molar-refractivity contribution is -0.137. The number of hydrogen-bond acceptors (Lipinski definition) is 4. The zero-order chi connectivity index (χ0) is 18.3. The highest BCUT2D eigenvalue weighted by Gasteiger charge is 2.31. The van der Waals surface area contributed by atoms with E-state index in [-0.39, 0.29) is 5.69 Å². The Bertz CT molecular complexity index is 608. The number of benzene rings is 1. The van der Waals surface area contributed by atoms with Crippen molar-refractivity contribution in [1.82, 2.24) is 4.90 Å². The molecule has 1 rings (SSSR count). The molecule has 0 saturated carbocycles. The largest absolute Gasteiger partial charge is 0.416 e. The van der Waals surface area contributed by atoms with Crippen molar-refractivity contribution in [1.29, 1.82) is 5.26 Å². The molecule has 24 heavy (non-hydrogen) atoms. The SMILES string of the molecule is CN(C)CCCN(C)c1ccc(C(F)(F)F)cc1NC(=O)CC#N. The van der Waals surface area contributed by atoms with Gasteiger partial charge in [0.2, 0.25) is 5.91 Å². The van der Waals surface area contributed by atoms with Gasteiger partial charge in [-0.3, -0.25) is 4.79 Å². The first-order valence-electron chi connectivity index (χ1n) is 7.39. The minimum Gasteiger partial charge on any atom is -0.373 e. The Labute approximate surface area is 139 Å². The van der Waals surface area contributed by atoms with Crippen LogP contribution >= 0.6 is 0 Å². The van der Waals surface area contributed by atoms with Crippen molar-refractivity contribution >= 4 is 17.3 Å². The maximum atomic E-state index is 12.9. The Morgan fingerprint density at radius 1 is 1.25 bits per heavy atom. The molecule has 0 spiro atoms. The fourth-order valence-corrected chi connectivity index (χ4v) is 2.16. The van der Waals surface area contributed by atoms with Crippen LogP contribution in [0.5, 0.6) is 0 Å². The second kappa shape index (κ2) is 8.55. The molecule has 0 aliphatic heterocycles. The van der Waals surface area contributed by atoms with Crippen LogP contribution in [0.3, 0.4) is 0 Å². The number of carbonyl (C=O) groups excluding carboxylic acids is 1. The minimum atomic E-state index is -4.50. The van der Waals surface area contributed by atoms with Crippen LogP contribution in [0.15, 0.2) is 18.2 Å². The zero-order valence-corrected chi connectivity index (χ0v) is 13.9. The van der Waals surface area contributed by atoms with Gasteiger partial charge in [-0.25, -0.2) is 0 Å². The van der Waals surface area contributed by atoms with E-state index in [4.69, 9.17) is 5.26 Å². The number of anilines is 2. The molecular formula is C16H21F3N4O. The first-order valence-corrected chi connectivity index (χ1v) is 7.39. The predicted molar refractivity (Wildman–Crippen MR) is 86.7 cm³/mol. The number of rotatable bonds is 7. The van der Waals surface area contributed by atoms with E-state index in [0.717, 1.165) is 25.1 Å². The Balaban J connectivity index is 3.04. The molecule has 0 radical (unpaired) electrons. The lowest BCUT2D eigenvalue weighted by Crippen LogP contribution is -2.25. The van der Waals surface area contributed by atoms with Crippen molar-refractivity contribution in [2.24, 2.45) is 0 Å². The standard InChI is InChI=1S/C16H21F3N4O/c1-22(2)9-4-10-23(3)14-6-5-12(16(17,18)19)11-13(14)21-15(24)7-8-20/h5-6,11H,4,7,9-10H2,1-3H3,(H,21,24). The molecule has 0 atom stereocenters. The van der Waals surface area contributed by atoms with Crippen molar-refractivity contribution in [2.45, 2.75) is 19.0 Å². The first kappa shape index (κ1) is 19.8. The predicted octanol–water partition coefficient (Wildman–Crippen LogP) is 2.95. The number of amides is 1. The van der Waals surface area contributed by atoms with Gasteiger partial charge in [0.15, 0.2) is 0 Å². The minimum absolute atomic E-state index is 0.0532. The summed E-state index contributed by atoms with van der Waals surface area (Å²) in [6.07, 6.45) is -4.10. The van der Waals surface area contributed by atoms with E-state index in [1.54, 1.807) is 18.0 Å². The van der Waals surface area contributed by atoms with Gasteiger partial charge >= 0.3 is 6.18 Å². The molecule has 0 unspecified atom stereocenters. The maximum absolute atomic E-state index is 12.9. The summed E-state index contributed by atoms with van der Waals surface area (Å²) < 4.78 is 38.7. The second-order valence-electron chi connectivity index (χ2n) is 5.69. The summed E-state index contributed by atoms with van der Waals surface area (Å²) in [5.74, 6) is -0.639. The molecule has 0 heterocycles. The lowest BCUT2D eigenvalue weighted by atomic mass is 10.1. The van der Waals surface area contributed by atoms with Gasteiger partial charge in [0.25, 0.3) is 0 Å². The van der Waals surface area contributed by atoms with Gasteiger partial charge in [0.05, 0.1) is 23.0 Å². The lowest BCUT2D eigenvalue weighted by Gasteiger charge is -2.24. The second-order valence-corrected chi connectivity index (χ2v) is 5.69. The van der Waals surface area contributed by atoms with Crippen molar-refractivity contribution < 1.29 is 18.0 Å². The van der Waals surface area contributed by atoms with E-state index in [1.165, 1.54) is 6.07 Å². The number of nitriles is 1. The van der Waals surface area contributed by atoms with Crippen molar-refractivity contribution in [2.75, 3.05) is 44.4 Å². The molecule has 0 aliphatic carbocycles. The number of alkyl halides is 3. The van der Waals surface area contributed by atoms with Crippen molar-refractivity contribution in [3.8, 4) is 6.07 Å². The van der Waals surface area contributed by atoms with Gasteiger partial charge < -0.3 is 15.1 Å². The van der Waals surface area contributed by atoms with Gasteiger partial charge in [-0.15, -0.1) is 0 Å². The normalized spacial score (nSPS) is 11.2. The number of carbonyl (C=O) groups is 1. The zero-order valence-electron chi connectivity index (χ0n) is 13.9. The average Bonchev–Trinajstić information content (AvgIpc) is 2.45. The molecule has 1 aromatic carbocycles. The molecule has 132 valence electrons. The fourth-order valence-electron chi connectivity index (χ4n) is 2.16. The molecule has 0 aromatic heterocycles. The quantitative estimate of drug-likeness (QED) is 0.828. The molecule has 1 amide bonds. The van der Waals surface area contributed by atoms with E-state index in [1.807, 2.05) is 19.0 Å². The van der Waals surface area contributed by atoms with Crippen LogP contribution in [0.25, 0.3) is 0 Å². The van der Waals surface area contributed by atoms with Crippen LogP contribution in [0, 0.1) is 11.3 Å². The molecule has 0 fully saturated rings. The summed E-state index contributed by atoms with van der Waals surface area (Å²) in [4.78, 5) is 15.4. The molecule has 5 nitrogen and oxygen atoms in total. The Morgan fingerprint density at radius 2 is 1.92 bits per heavy atom. The summed E-state index contributed by atoms with van der Waals surface area (Å²) in [5.41, 5.74) is -0.314. The fraction of sp³-hybridized carbons (Fsp3) is 0.500. The molecule has 1 N–H and O–H groups in total. The van der Waals surface area contributed by atoms with Gasteiger partial charge in [0, 0.05) is 13.6 Å². The number of halogens is 3. The summed E-state index contributed by atoms with van der Waals surface area (Å²) in [6, 6.07) is 4.89. The molecule has 8 heteroatoms. The van der Waals surface area contributed by atoms with E-state index in [9.17, 15) is 18.0 Å². The molecule has 1 aromatic rings. The van der Waals surface area contributed by atoms with Crippen molar-refractivity contribution in [3.05, 3.63) is 23.8 Å². The molecule has 0 aliphatic rings. The average molecular weight is 342 g/mol. The van der Waals surface area contributed by atoms with E-state index < -0.39 is 24.1 Å². The molecule has 0 bridgehead atoms. The van der Waals surface area contributed by atoms with E-state index in [2.05, 4.69) is 5.32 Å². The summed E-state index contributed by atoms with van der Waals surface area (Å²) in [6.45, 7) is 1.45. The van der Waals surface area contributed by atoms with Crippen LogP contribution in [-0.2, 0) is 11.0 Å². The van der Waals surface area contributed by atoms with Gasteiger partial charge in [0.1, 0.15) is 6.42 Å². The van der Waals surface area contributed by atoms with E-state index in [0.29, 0.717) is 12.2 Å². The van der Waals surface area contributed by atoms with Crippen LogP contribution < -0.4 is 10.2 Å². The highest BCUT2D eigenvalue weighted by Crippen LogP contribution is 2.35. The van der Waals surface area contributed by atoms with Crippen molar-refractivity contribution in [3.63, 3.8) is 0 Å². The van der Waals surface area contributed by atoms with Gasteiger partial charge in [-0.05, 0) is 45.3 Å². The van der Waals surface area contributed by atoms with Crippen LogP contribution in [0.4, 0.5) is 24.5 Å². The van der Waals surface area contributed by atoms with Gasteiger partial charge in [-0.2, -0.15) is 18.4 Å². The van der Waals surface area contributed by atoms with Gasteiger partial charge in [-0.1, -0.05) is 0 Å². The number of hydrogen-bond donors (Lipinski definition) is 1. The number of nitrogens with one attached hydrogen (secondary N) is 1. The Hall–Kier alpha value is -2.27. The van der Waals surface area contributed by atoms with Crippen LogP contribution in [-0.4, -0.2) is 45.0 Å². The topological polar surface area (TPSA) is 59.4 Å². The van der Waals surface area contributed by atoms with Crippen LogP contribution in [0.2, 0.25) is 0 Å². The summed E-state index contributed by atoms with van der Waals surface area (Å²) in [7, 11) is 5.62. The van der Waals surface area contributed by atoms with E-state index >= 15 is 0 Å². The third-order valence-electron chi connectivity index (χ3n) is 3.35. The highest BCUT2D eigenvalue weighted by atomic mass is 19.4. The molecule has 0 saturated heterocycles. The third kappa shape index (κ3) is 6.08. The summed E-state index contributed by atoms with van der Waals surface area (Å²) >= 11 is 0.